The van der Waals surface area contributed by atoms with Crippen molar-refractivity contribution in [2.45, 2.75) is 25.7 Å². The zero-order chi connectivity index (χ0) is 13.1. The second-order valence-electron chi connectivity index (χ2n) is 4.54. The number of hydrogen-bond acceptors (Lipinski definition) is 4. The molecule has 0 N–H and O–H groups in total. The molecule has 0 spiro atoms. The summed E-state index contributed by atoms with van der Waals surface area (Å²) in [6, 6.07) is 6.14. The molecule has 19 heavy (non-hydrogen) atoms. The van der Waals surface area contributed by atoms with E-state index in [1.165, 1.54) is 23.3 Å². The van der Waals surface area contributed by atoms with Gasteiger partial charge in [-0.3, -0.25) is 4.98 Å². The predicted molar refractivity (Wildman–Crippen MR) is 77.2 cm³/mol. The molecule has 4 heteroatoms. The molecule has 0 aliphatic heterocycles. The Bertz CT molecular complexity index is 650. The summed E-state index contributed by atoms with van der Waals surface area (Å²) in [4.78, 5) is 9.82. The number of hydrogen-bond donors (Lipinski definition) is 0. The molecule has 2 aromatic heterocycles. The second kappa shape index (κ2) is 5.33. The first-order valence-corrected chi connectivity index (χ1v) is 7.19. The van der Waals surface area contributed by atoms with Gasteiger partial charge in [-0.15, -0.1) is 11.3 Å². The molecule has 0 amide bonds. The summed E-state index contributed by atoms with van der Waals surface area (Å²) < 4.78 is 0. The lowest BCUT2D eigenvalue weighted by atomic mass is 9.96. The van der Waals surface area contributed by atoms with Gasteiger partial charge in [-0.05, 0) is 48.9 Å². The van der Waals surface area contributed by atoms with E-state index in [0.29, 0.717) is 0 Å². The predicted octanol–water partition coefficient (Wildman–Crippen LogP) is 3.64. The molecule has 0 saturated carbocycles. The average Bonchev–Trinajstić information content (AvgIpc) is 2.83. The Morgan fingerprint density at radius 1 is 1.26 bits per heavy atom. The van der Waals surface area contributed by atoms with Crippen LogP contribution in [0.3, 0.4) is 0 Å². The van der Waals surface area contributed by atoms with Crippen LogP contribution >= 0.6 is 11.3 Å². The van der Waals surface area contributed by atoms with Crippen molar-refractivity contribution in [3.8, 4) is 6.07 Å². The van der Waals surface area contributed by atoms with E-state index in [9.17, 15) is 5.26 Å². The summed E-state index contributed by atoms with van der Waals surface area (Å²) in [7, 11) is 0. The second-order valence-corrected chi connectivity index (χ2v) is 5.63. The monoisotopic (exact) mass is 267 g/mol. The van der Waals surface area contributed by atoms with Gasteiger partial charge in [-0.25, -0.2) is 4.99 Å². The lowest BCUT2D eigenvalue weighted by Gasteiger charge is -2.09. The van der Waals surface area contributed by atoms with E-state index >= 15 is 0 Å². The molecular formula is C15H13N3S. The third-order valence-corrected chi connectivity index (χ3v) is 4.50. The van der Waals surface area contributed by atoms with Gasteiger partial charge in [0.15, 0.2) is 0 Å². The van der Waals surface area contributed by atoms with Crippen molar-refractivity contribution in [1.82, 2.24) is 4.98 Å². The van der Waals surface area contributed by atoms with Crippen LogP contribution in [0.2, 0.25) is 0 Å². The first-order chi connectivity index (χ1) is 9.38. The molecule has 0 fully saturated rings. The molecule has 0 radical (unpaired) electrons. The Balaban J connectivity index is 1.95. The number of aromatic nitrogens is 1. The minimum absolute atomic E-state index is 0.782. The number of aliphatic imine (C=N–C) groups is 1. The summed E-state index contributed by atoms with van der Waals surface area (Å²) in [6.45, 7) is 0. The van der Waals surface area contributed by atoms with E-state index in [1.807, 2.05) is 12.1 Å². The molecule has 3 rings (SSSR count). The van der Waals surface area contributed by atoms with Crippen molar-refractivity contribution in [2.24, 2.45) is 4.99 Å². The van der Waals surface area contributed by atoms with Gasteiger partial charge < -0.3 is 0 Å². The van der Waals surface area contributed by atoms with Crippen LogP contribution in [0.1, 0.15) is 34.4 Å². The van der Waals surface area contributed by atoms with E-state index < -0.39 is 0 Å². The SMILES string of the molecule is N#Cc1c(N=Cc2ccncc2)sc2c1CCCC2. The van der Waals surface area contributed by atoms with Crippen molar-refractivity contribution < 1.29 is 0 Å². The number of rotatable bonds is 2. The van der Waals surface area contributed by atoms with Crippen LogP contribution in [-0.4, -0.2) is 11.2 Å². The van der Waals surface area contributed by atoms with Gasteiger partial charge in [0.25, 0.3) is 0 Å². The number of thiophene rings is 1. The highest BCUT2D eigenvalue weighted by Gasteiger charge is 2.19. The summed E-state index contributed by atoms with van der Waals surface area (Å²) in [6.07, 6.45) is 9.83. The van der Waals surface area contributed by atoms with E-state index in [0.717, 1.165) is 29.0 Å². The van der Waals surface area contributed by atoms with Crippen molar-refractivity contribution in [1.29, 1.82) is 5.26 Å². The van der Waals surface area contributed by atoms with E-state index in [2.05, 4.69) is 16.0 Å². The van der Waals surface area contributed by atoms with E-state index in [-0.39, 0.29) is 0 Å². The number of pyridine rings is 1. The van der Waals surface area contributed by atoms with Crippen LogP contribution in [0.4, 0.5) is 5.00 Å². The van der Waals surface area contributed by atoms with E-state index in [1.54, 1.807) is 29.9 Å². The molecule has 0 aromatic carbocycles. The Morgan fingerprint density at radius 2 is 2.05 bits per heavy atom. The van der Waals surface area contributed by atoms with Gasteiger partial charge >= 0.3 is 0 Å². The Kier molecular flexibility index (Phi) is 3.39. The minimum Gasteiger partial charge on any atom is -0.265 e. The average molecular weight is 267 g/mol. The fourth-order valence-electron chi connectivity index (χ4n) is 2.34. The fourth-order valence-corrected chi connectivity index (χ4v) is 3.52. The van der Waals surface area contributed by atoms with Gasteiger partial charge in [0.2, 0.25) is 0 Å². The third-order valence-electron chi connectivity index (χ3n) is 3.30. The Labute approximate surface area is 116 Å². The Morgan fingerprint density at radius 3 is 2.84 bits per heavy atom. The minimum atomic E-state index is 0.782. The Hall–Kier alpha value is -1.99. The molecule has 0 atom stereocenters. The quantitative estimate of drug-likeness (QED) is 0.780. The van der Waals surface area contributed by atoms with Crippen LogP contribution in [0.15, 0.2) is 29.5 Å². The molecule has 1 aliphatic rings. The van der Waals surface area contributed by atoms with Crippen LogP contribution in [0.25, 0.3) is 0 Å². The normalized spacial score (nSPS) is 14.3. The molecule has 2 aromatic rings. The van der Waals surface area contributed by atoms with Crippen molar-refractivity contribution in [2.75, 3.05) is 0 Å². The third kappa shape index (κ3) is 2.42. The highest BCUT2D eigenvalue weighted by atomic mass is 32.1. The first-order valence-electron chi connectivity index (χ1n) is 6.37. The van der Waals surface area contributed by atoms with Crippen molar-refractivity contribution in [3.63, 3.8) is 0 Å². The van der Waals surface area contributed by atoms with Crippen LogP contribution < -0.4 is 0 Å². The largest absolute Gasteiger partial charge is 0.265 e. The number of aryl methyl sites for hydroxylation is 1. The van der Waals surface area contributed by atoms with Crippen LogP contribution in [0, 0.1) is 11.3 Å². The van der Waals surface area contributed by atoms with Crippen LogP contribution in [0.5, 0.6) is 0 Å². The molecule has 0 unspecified atom stereocenters. The van der Waals surface area contributed by atoms with E-state index in [4.69, 9.17) is 0 Å². The summed E-state index contributed by atoms with van der Waals surface area (Å²) >= 11 is 1.67. The zero-order valence-electron chi connectivity index (χ0n) is 10.5. The molecule has 3 nitrogen and oxygen atoms in total. The van der Waals surface area contributed by atoms with Gasteiger partial charge in [0.1, 0.15) is 11.1 Å². The maximum atomic E-state index is 9.33. The molecule has 2 heterocycles. The van der Waals surface area contributed by atoms with Gasteiger partial charge in [-0.2, -0.15) is 5.26 Å². The fraction of sp³-hybridized carbons (Fsp3) is 0.267. The number of nitriles is 1. The summed E-state index contributed by atoms with van der Waals surface area (Å²) in [5, 5.41) is 10.2. The highest BCUT2D eigenvalue weighted by Crippen LogP contribution is 2.39. The van der Waals surface area contributed by atoms with Gasteiger partial charge in [-0.1, -0.05) is 0 Å². The molecule has 1 aliphatic carbocycles. The summed E-state index contributed by atoms with van der Waals surface area (Å²) in [5.41, 5.74) is 3.02. The molecular weight excluding hydrogens is 254 g/mol. The maximum absolute atomic E-state index is 9.33. The smallest absolute Gasteiger partial charge is 0.134 e. The summed E-state index contributed by atoms with van der Waals surface area (Å²) in [5.74, 6) is 0. The van der Waals surface area contributed by atoms with Gasteiger partial charge in [0, 0.05) is 23.5 Å². The lowest BCUT2D eigenvalue weighted by Crippen LogP contribution is -1.99. The van der Waals surface area contributed by atoms with Crippen LogP contribution in [-0.2, 0) is 12.8 Å². The van der Waals surface area contributed by atoms with Crippen molar-refractivity contribution >= 4 is 22.6 Å². The van der Waals surface area contributed by atoms with Crippen molar-refractivity contribution in [3.05, 3.63) is 46.1 Å². The zero-order valence-corrected chi connectivity index (χ0v) is 11.3. The molecule has 0 bridgehead atoms. The lowest BCUT2D eigenvalue weighted by molar-refractivity contribution is 0.696. The standard InChI is InChI=1S/C15H13N3S/c16-9-13-12-3-1-2-4-14(12)19-15(13)18-10-11-5-7-17-8-6-11/h5-8,10H,1-4H2. The highest BCUT2D eigenvalue weighted by molar-refractivity contribution is 7.16. The number of nitrogens with zero attached hydrogens (tertiary/aromatic N) is 3. The topological polar surface area (TPSA) is 49.0 Å². The van der Waals surface area contributed by atoms with Gasteiger partial charge in [0.05, 0.1) is 5.56 Å². The maximum Gasteiger partial charge on any atom is 0.134 e. The number of fused-ring (bicyclic) bond motifs is 1. The molecule has 0 saturated heterocycles. The first kappa shape index (κ1) is 12.1. The molecule has 94 valence electrons.